The first-order valence-electron chi connectivity index (χ1n) is 8.02. The zero-order chi connectivity index (χ0) is 17.0. The molecule has 128 valence electrons. The summed E-state index contributed by atoms with van der Waals surface area (Å²) in [5.74, 6) is 1.78. The average molecular weight is 347 g/mol. The van der Waals surface area contributed by atoms with Gasteiger partial charge in [0.2, 0.25) is 10.0 Å². The van der Waals surface area contributed by atoms with Crippen LogP contribution in [-0.2, 0) is 10.0 Å². The summed E-state index contributed by atoms with van der Waals surface area (Å²) in [6, 6.07) is 13.9. The quantitative estimate of drug-likeness (QED) is 0.828. The fraction of sp³-hybridized carbons (Fsp3) is 0.333. The van der Waals surface area contributed by atoms with Crippen molar-refractivity contribution >= 4 is 10.0 Å². The van der Waals surface area contributed by atoms with E-state index in [0.717, 1.165) is 19.3 Å². The van der Waals surface area contributed by atoms with E-state index in [1.807, 2.05) is 18.2 Å². The Morgan fingerprint density at radius 1 is 0.875 bits per heavy atom. The van der Waals surface area contributed by atoms with Crippen LogP contribution in [0.15, 0.2) is 53.4 Å². The summed E-state index contributed by atoms with van der Waals surface area (Å²) in [6.45, 7) is 1.20. The predicted octanol–water partition coefficient (Wildman–Crippen LogP) is 3.66. The lowest BCUT2D eigenvalue weighted by Gasteiger charge is -2.25. The molecular weight excluding hydrogens is 326 g/mol. The van der Waals surface area contributed by atoms with Gasteiger partial charge in [-0.15, -0.1) is 0 Å². The van der Waals surface area contributed by atoms with E-state index in [-0.39, 0.29) is 0 Å². The second-order valence-corrected chi connectivity index (χ2v) is 7.63. The summed E-state index contributed by atoms with van der Waals surface area (Å²) in [5.41, 5.74) is 0. The van der Waals surface area contributed by atoms with Crippen LogP contribution in [0.1, 0.15) is 19.3 Å². The van der Waals surface area contributed by atoms with E-state index in [0.29, 0.717) is 35.2 Å². The van der Waals surface area contributed by atoms with Crippen molar-refractivity contribution in [3.63, 3.8) is 0 Å². The molecule has 6 heteroatoms. The number of sulfonamides is 1. The Labute approximate surface area is 142 Å². The number of ether oxygens (including phenoxy) is 2. The molecule has 0 spiro atoms. The maximum Gasteiger partial charge on any atom is 0.243 e. The highest BCUT2D eigenvalue weighted by atomic mass is 32.2. The second-order valence-electron chi connectivity index (χ2n) is 5.69. The molecule has 1 heterocycles. The second kappa shape index (κ2) is 7.23. The summed E-state index contributed by atoms with van der Waals surface area (Å²) in [5, 5.41) is 0. The molecule has 1 aliphatic rings. The van der Waals surface area contributed by atoms with Gasteiger partial charge in [-0.05, 0) is 49.2 Å². The third kappa shape index (κ3) is 3.55. The van der Waals surface area contributed by atoms with E-state index >= 15 is 0 Å². The Morgan fingerprint density at radius 3 is 2.12 bits per heavy atom. The first kappa shape index (κ1) is 16.8. The zero-order valence-corrected chi connectivity index (χ0v) is 14.5. The van der Waals surface area contributed by atoms with Crippen molar-refractivity contribution in [3.8, 4) is 17.2 Å². The highest BCUT2D eigenvalue weighted by Crippen LogP contribution is 2.31. The normalized spacial score (nSPS) is 15.9. The number of nitrogens with zero attached hydrogens (tertiary/aromatic N) is 1. The molecule has 2 aromatic carbocycles. The van der Waals surface area contributed by atoms with Gasteiger partial charge in [-0.3, -0.25) is 0 Å². The molecule has 2 aromatic rings. The molecule has 3 rings (SSSR count). The molecule has 1 fully saturated rings. The van der Waals surface area contributed by atoms with Gasteiger partial charge in [0.1, 0.15) is 5.75 Å². The first-order chi connectivity index (χ1) is 11.6. The number of hydrogen-bond acceptors (Lipinski definition) is 4. The molecule has 0 N–H and O–H groups in total. The smallest absolute Gasteiger partial charge is 0.243 e. The molecule has 5 nitrogen and oxygen atoms in total. The minimum Gasteiger partial charge on any atom is -0.493 e. The van der Waals surface area contributed by atoms with Crippen molar-refractivity contribution < 1.29 is 17.9 Å². The summed E-state index contributed by atoms with van der Waals surface area (Å²) >= 11 is 0. The topological polar surface area (TPSA) is 55.8 Å². The number of methoxy groups -OCH3 is 1. The van der Waals surface area contributed by atoms with Crippen LogP contribution < -0.4 is 9.47 Å². The number of benzene rings is 2. The Bertz CT molecular complexity index is 781. The van der Waals surface area contributed by atoms with E-state index in [1.54, 1.807) is 41.7 Å². The Hall–Kier alpha value is -2.05. The standard InChI is InChI=1S/C18H21NO4S/c1-22-17-7-3-4-8-18(17)23-15-9-11-16(12-10-15)24(20,21)19-13-5-2-6-14-19/h3-4,7-12H,2,5-6,13-14H2,1H3. The van der Waals surface area contributed by atoms with Crippen molar-refractivity contribution in [2.24, 2.45) is 0 Å². The van der Waals surface area contributed by atoms with Crippen molar-refractivity contribution in [2.75, 3.05) is 20.2 Å². The summed E-state index contributed by atoms with van der Waals surface area (Å²) < 4.78 is 37.8. The summed E-state index contributed by atoms with van der Waals surface area (Å²) in [7, 11) is -1.83. The Balaban J connectivity index is 1.78. The minimum atomic E-state index is -3.41. The summed E-state index contributed by atoms with van der Waals surface area (Å²) in [6.07, 6.45) is 2.94. The molecular formula is C18H21NO4S. The highest BCUT2D eigenvalue weighted by Gasteiger charge is 2.25. The molecule has 1 aliphatic heterocycles. The SMILES string of the molecule is COc1ccccc1Oc1ccc(S(=O)(=O)N2CCCCC2)cc1. The van der Waals surface area contributed by atoms with E-state index in [2.05, 4.69) is 0 Å². The van der Waals surface area contributed by atoms with Crippen LogP contribution in [0.3, 0.4) is 0 Å². The average Bonchev–Trinajstić information content (AvgIpc) is 2.63. The van der Waals surface area contributed by atoms with Crippen LogP contribution in [0.2, 0.25) is 0 Å². The third-order valence-electron chi connectivity index (χ3n) is 4.07. The number of piperidine rings is 1. The molecule has 0 radical (unpaired) electrons. The van der Waals surface area contributed by atoms with Gasteiger partial charge in [-0.25, -0.2) is 8.42 Å². The van der Waals surface area contributed by atoms with Gasteiger partial charge in [0, 0.05) is 13.1 Å². The Morgan fingerprint density at radius 2 is 1.50 bits per heavy atom. The van der Waals surface area contributed by atoms with Crippen LogP contribution >= 0.6 is 0 Å². The van der Waals surface area contributed by atoms with Crippen molar-refractivity contribution in [2.45, 2.75) is 24.2 Å². The van der Waals surface area contributed by atoms with Gasteiger partial charge < -0.3 is 9.47 Å². The predicted molar refractivity (Wildman–Crippen MR) is 92.1 cm³/mol. The highest BCUT2D eigenvalue weighted by molar-refractivity contribution is 7.89. The fourth-order valence-corrected chi connectivity index (χ4v) is 4.28. The van der Waals surface area contributed by atoms with Crippen LogP contribution in [-0.4, -0.2) is 32.9 Å². The minimum absolute atomic E-state index is 0.303. The zero-order valence-electron chi connectivity index (χ0n) is 13.6. The van der Waals surface area contributed by atoms with Gasteiger partial charge in [-0.1, -0.05) is 18.6 Å². The van der Waals surface area contributed by atoms with E-state index in [4.69, 9.17) is 9.47 Å². The third-order valence-corrected chi connectivity index (χ3v) is 5.99. The maximum atomic E-state index is 12.6. The van der Waals surface area contributed by atoms with Gasteiger partial charge in [0.05, 0.1) is 12.0 Å². The molecule has 0 unspecified atom stereocenters. The molecule has 0 aromatic heterocycles. The van der Waals surface area contributed by atoms with Crippen molar-refractivity contribution in [1.82, 2.24) is 4.31 Å². The van der Waals surface area contributed by atoms with Gasteiger partial charge in [0.25, 0.3) is 0 Å². The molecule has 0 bridgehead atoms. The number of hydrogen-bond donors (Lipinski definition) is 0. The monoisotopic (exact) mass is 347 g/mol. The lowest BCUT2D eigenvalue weighted by atomic mass is 10.2. The van der Waals surface area contributed by atoms with Crippen molar-refractivity contribution in [1.29, 1.82) is 0 Å². The van der Waals surface area contributed by atoms with E-state index in [9.17, 15) is 8.42 Å². The van der Waals surface area contributed by atoms with E-state index in [1.165, 1.54) is 0 Å². The fourth-order valence-electron chi connectivity index (χ4n) is 2.76. The van der Waals surface area contributed by atoms with Crippen LogP contribution in [0.4, 0.5) is 0 Å². The lowest BCUT2D eigenvalue weighted by Crippen LogP contribution is -2.35. The summed E-state index contributed by atoms with van der Waals surface area (Å²) in [4.78, 5) is 0.303. The molecule has 24 heavy (non-hydrogen) atoms. The largest absolute Gasteiger partial charge is 0.493 e. The van der Waals surface area contributed by atoms with Gasteiger partial charge in [0.15, 0.2) is 11.5 Å². The van der Waals surface area contributed by atoms with Crippen LogP contribution in [0.25, 0.3) is 0 Å². The molecule has 1 saturated heterocycles. The lowest BCUT2D eigenvalue weighted by molar-refractivity contribution is 0.346. The first-order valence-corrected chi connectivity index (χ1v) is 9.46. The van der Waals surface area contributed by atoms with Crippen molar-refractivity contribution in [3.05, 3.63) is 48.5 Å². The number of para-hydroxylation sites is 2. The Kier molecular flexibility index (Phi) is 5.06. The van der Waals surface area contributed by atoms with Crippen LogP contribution in [0.5, 0.6) is 17.2 Å². The van der Waals surface area contributed by atoms with Gasteiger partial charge >= 0.3 is 0 Å². The molecule has 0 atom stereocenters. The molecule has 0 saturated carbocycles. The molecule has 0 amide bonds. The molecule has 0 aliphatic carbocycles. The van der Waals surface area contributed by atoms with Gasteiger partial charge in [-0.2, -0.15) is 4.31 Å². The van der Waals surface area contributed by atoms with Crippen LogP contribution in [0, 0.1) is 0 Å². The number of rotatable bonds is 5. The maximum absolute atomic E-state index is 12.6. The van der Waals surface area contributed by atoms with E-state index < -0.39 is 10.0 Å².